The van der Waals surface area contributed by atoms with Crippen LogP contribution in [0.2, 0.25) is 0 Å². The Hall–Kier alpha value is -0.570. The predicted molar refractivity (Wildman–Crippen MR) is 66.9 cm³/mol. The number of rotatable bonds is 6. The summed E-state index contributed by atoms with van der Waals surface area (Å²) in [6.07, 6.45) is 3.43. The molecule has 0 aliphatic heterocycles. The molecule has 0 aromatic rings. The van der Waals surface area contributed by atoms with E-state index in [1.807, 2.05) is 6.92 Å². The maximum atomic E-state index is 11.8. The molecule has 1 saturated carbocycles. The Labute approximate surface area is 99.2 Å². The van der Waals surface area contributed by atoms with Crippen LogP contribution < -0.4 is 11.1 Å². The Kier molecular flexibility index (Phi) is 4.36. The van der Waals surface area contributed by atoms with E-state index in [4.69, 9.17) is 5.73 Å². The van der Waals surface area contributed by atoms with Gasteiger partial charge in [-0.15, -0.1) is 0 Å². The second-order valence-corrected chi connectivity index (χ2v) is 5.65. The molecule has 1 rings (SSSR count). The van der Waals surface area contributed by atoms with Crippen LogP contribution in [-0.4, -0.2) is 18.5 Å². The fourth-order valence-electron chi connectivity index (χ4n) is 2.01. The van der Waals surface area contributed by atoms with Gasteiger partial charge in [0.15, 0.2) is 0 Å². The normalized spacial score (nSPS) is 21.6. The van der Waals surface area contributed by atoms with Crippen LogP contribution in [0.3, 0.4) is 0 Å². The van der Waals surface area contributed by atoms with E-state index in [-0.39, 0.29) is 17.9 Å². The standard InChI is InChI=1S/C13H26N2O/c1-5-10(4)11(14)12(16)15-8-13(6-7-13)9(2)3/h9-11H,5-8,14H2,1-4H3,(H,15,16)/t10?,11-/m0/s1. The lowest BCUT2D eigenvalue weighted by Gasteiger charge is -2.23. The number of hydrogen-bond donors (Lipinski definition) is 2. The molecular formula is C13H26N2O. The quantitative estimate of drug-likeness (QED) is 0.727. The molecule has 1 unspecified atom stereocenters. The van der Waals surface area contributed by atoms with Gasteiger partial charge in [-0.25, -0.2) is 0 Å². The van der Waals surface area contributed by atoms with Gasteiger partial charge in [0.2, 0.25) is 5.91 Å². The van der Waals surface area contributed by atoms with Crippen molar-refractivity contribution in [2.75, 3.05) is 6.54 Å². The SMILES string of the molecule is CCC(C)[C@H](N)C(=O)NCC1(C(C)C)CC1. The van der Waals surface area contributed by atoms with E-state index >= 15 is 0 Å². The van der Waals surface area contributed by atoms with Crippen LogP contribution in [0.5, 0.6) is 0 Å². The van der Waals surface area contributed by atoms with Gasteiger partial charge in [-0.05, 0) is 30.1 Å². The summed E-state index contributed by atoms with van der Waals surface area (Å²) < 4.78 is 0. The highest BCUT2D eigenvalue weighted by atomic mass is 16.2. The third-order valence-corrected chi connectivity index (χ3v) is 4.29. The highest BCUT2D eigenvalue weighted by Crippen LogP contribution is 2.51. The fraction of sp³-hybridized carbons (Fsp3) is 0.923. The zero-order chi connectivity index (χ0) is 12.3. The van der Waals surface area contributed by atoms with Crippen LogP contribution in [0.25, 0.3) is 0 Å². The highest BCUT2D eigenvalue weighted by Gasteiger charge is 2.45. The molecule has 0 bridgehead atoms. The van der Waals surface area contributed by atoms with Crippen molar-refractivity contribution in [2.24, 2.45) is 23.0 Å². The molecule has 16 heavy (non-hydrogen) atoms. The monoisotopic (exact) mass is 226 g/mol. The summed E-state index contributed by atoms with van der Waals surface area (Å²) in [6, 6.07) is -0.354. The zero-order valence-corrected chi connectivity index (χ0v) is 11.0. The first-order valence-electron chi connectivity index (χ1n) is 6.46. The Morgan fingerprint density at radius 2 is 1.94 bits per heavy atom. The largest absolute Gasteiger partial charge is 0.354 e. The molecule has 1 aliphatic carbocycles. The maximum absolute atomic E-state index is 11.8. The molecule has 0 heterocycles. The third kappa shape index (κ3) is 2.97. The summed E-state index contributed by atoms with van der Waals surface area (Å²) >= 11 is 0. The van der Waals surface area contributed by atoms with Crippen molar-refractivity contribution in [1.29, 1.82) is 0 Å². The molecule has 2 atom stereocenters. The van der Waals surface area contributed by atoms with Crippen molar-refractivity contribution in [3.63, 3.8) is 0 Å². The molecule has 0 aromatic heterocycles. The van der Waals surface area contributed by atoms with E-state index in [2.05, 4.69) is 26.1 Å². The first-order chi connectivity index (χ1) is 7.43. The fourth-order valence-corrected chi connectivity index (χ4v) is 2.01. The van der Waals surface area contributed by atoms with Gasteiger partial charge < -0.3 is 11.1 Å². The number of carbonyl (C=O) groups is 1. The van der Waals surface area contributed by atoms with Gasteiger partial charge in [-0.3, -0.25) is 4.79 Å². The Balaban J connectivity index is 2.36. The molecular weight excluding hydrogens is 200 g/mol. The van der Waals surface area contributed by atoms with Crippen LogP contribution in [0.15, 0.2) is 0 Å². The molecule has 1 amide bonds. The second-order valence-electron chi connectivity index (χ2n) is 5.65. The van der Waals surface area contributed by atoms with Crippen LogP contribution in [-0.2, 0) is 4.79 Å². The van der Waals surface area contributed by atoms with E-state index in [0.717, 1.165) is 13.0 Å². The van der Waals surface area contributed by atoms with E-state index in [0.29, 0.717) is 11.3 Å². The van der Waals surface area contributed by atoms with Gasteiger partial charge >= 0.3 is 0 Å². The third-order valence-electron chi connectivity index (χ3n) is 4.29. The van der Waals surface area contributed by atoms with Crippen molar-refractivity contribution in [3.8, 4) is 0 Å². The van der Waals surface area contributed by atoms with Gasteiger partial charge in [0.1, 0.15) is 0 Å². The summed E-state index contributed by atoms with van der Waals surface area (Å²) in [6.45, 7) is 9.35. The van der Waals surface area contributed by atoms with Crippen molar-refractivity contribution < 1.29 is 4.79 Å². The lowest BCUT2D eigenvalue weighted by atomic mass is 9.92. The number of nitrogens with one attached hydrogen (secondary N) is 1. The molecule has 94 valence electrons. The Morgan fingerprint density at radius 3 is 2.31 bits per heavy atom. The summed E-state index contributed by atoms with van der Waals surface area (Å²) in [4.78, 5) is 11.8. The molecule has 3 nitrogen and oxygen atoms in total. The van der Waals surface area contributed by atoms with E-state index in [1.54, 1.807) is 0 Å². The van der Waals surface area contributed by atoms with Crippen LogP contribution in [0, 0.1) is 17.3 Å². The molecule has 1 fully saturated rings. The van der Waals surface area contributed by atoms with Crippen LogP contribution >= 0.6 is 0 Å². The van der Waals surface area contributed by atoms with Crippen LogP contribution in [0.1, 0.15) is 47.0 Å². The smallest absolute Gasteiger partial charge is 0.237 e. The van der Waals surface area contributed by atoms with E-state index in [1.165, 1.54) is 12.8 Å². The molecule has 0 spiro atoms. The minimum absolute atomic E-state index is 0.0151. The molecule has 3 heteroatoms. The topological polar surface area (TPSA) is 55.1 Å². The van der Waals surface area contributed by atoms with Gasteiger partial charge in [-0.1, -0.05) is 34.1 Å². The maximum Gasteiger partial charge on any atom is 0.237 e. The lowest BCUT2D eigenvalue weighted by Crippen LogP contribution is -2.46. The summed E-state index contributed by atoms with van der Waals surface area (Å²) in [5.74, 6) is 0.920. The summed E-state index contributed by atoms with van der Waals surface area (Å²) in [7, 11) is 0. The van der Waals surface area contributed by atoms with Crippen LogP contribution in [0.4, 0.5) is 0 Å². The number of carbonyl (C=O) groups excluding carboxylic acids is 1. The predicted octanol–water partition coefficient (Wildman–Crippen LogP) is 1.91. The zero-order valence-electron chi connectivity index (χ0n) is 11.0. The van der Waals surface area contributed by atoms with Crippen molar-refractivity contribution in [3.05, 3.63) is 0 Å². The molecule has 0 saturated heterocycles. The molecule has 3 N–H and O–H groups in total. The van der Waals surface area contributed by atoms with E-state index < -0.39 is 0 Å². The number of nitrogens with two attached hydrogens (primary N) is 1. The first kappa shape index (κ1) is 13.5. The Morgan fingerprint density at radius 1 is 1.38 bits per heavy atom. The van der Waals surface area contributed by atoms with Gasteiger partial charge in [0.25, 0.3) is 0 Å². The molecule has 1 aliphatic rings. The number of amides is 1. The van der Waals surface area contributed by atoms with Crippen molar-refractivity contribution >= 4 is 5.91 Å². The first-order valence-corrected chi connectivity index (χ1v) is 6.46. The minimum atomic E-state index is -0.354. The van der Waals surface area contributed by atoms with Crippen molar-refractivity contribution in [2.45, 2.75) is 53.0 Å². The van der Waals surface area contributed by atoms with Gasteiger partial charge in [0, 0.05) is 6.54 Å². The Bertz CT molecular complexity index is 246. The van der Waals surface area contributed by atoms with Crippen molar-refractivity contribution in [1.82, 2.24) is 5.32 Å². The lowest BCUT2D eigenvalue weighted by molar-refractivity contribution is -0.123. The minimum Gasteiger partial charge on any atom is -0.354 e. The van der Waals surface area contributed by atoms with Gasteiger partial charge in [0.05, 0.1) is 6.04 Å². The second kappa shape index (κ2) is 5.17. The van der Waals surface area contributed by atoms with Gasteiger partial charge in [-0.2, -0.15) is 0 Å². The average molecular weight is 226 g/mol. The number of hydrogen-bond acceptors (Lipinski definition) is 2. The molecule has 0 radical (unpaired) electrons. The van der Waals surface area contributed by atoms with E-state index in [9.17, 15) is 4.79 Å². The summed E-state index contributed by atoms with van der Waals surface area (Å²) in [5.41, 5.74) is 6.25. The highest BCUT2D eigenvalue weighted by molar-refractivity contribution is 5.81. The average Bonchev–Trinajstić information content (AvgIpc) is 3.04. The summed E-state index contributed by atoms with van der Waals surface area (Å²) in [5, 5.41) is 3.02. The molecule has 0 aromatic carbocycles.